The second kappa shape index (κ2) is 9.04. The molecule has 0 atom stereocenters. The molecule has 1 aliphatic heterocycles. The Kier molecular flexibility index (Phi) is 6.04. The summed E-state index contributed by atoms with van der Waals surface area (Å²) in [5.41, 5.74) is 2.23. The number of methoxy groups -OCH3 is 1. The highest BCUT2D eigenvalue weighted by atomic mass is 32.1. The minimum absolute atomic E-state index is 0.304. The van der Waals surface area contributed by atoms with Gasteiger partial charge in [-0.3, -0.25) is 4.79 Å². The molecular formula is C22H22N4O3S. The van der Waals surface area contributed by atoms with Crippen LogP contribution in [0.2, 0.25) is 0 Å². The predicted octanol–water partition coefficient (Wildman–Crippen LogP) is 4.23. The molecule has 4 rings (SSSR count). The molecule has 3 heterocycles. The quantitative estimate of drug-likeness (QED) is 0.620. The van der Waals surface area contributed by atoms with E-state index in [2.05, 4.69) is 24.9 Å². The molecule has 0 spiro atoms. The Labute approximate surface area is 178 Å². The molecule has 3 aromatic rings. The van der Waals surface area contributed by atoms with Gasteiger partial charge in [-0.15, -0.1) is 11.3 Å². The maximum atomic E-state index is 12.5. The van der Waals surface area contributed by atoms with Crippen LogP contribution in [-0.2, 0) is 4.74 Å². The zero-order valence-electron chi connectivity index (χ0n) is 16.6. The van der Waals surface area contributed by atoms with E-state index in [0.29, 0.717) is 16.9 Å². The number of ether oxygens (including phenoxy) is 1. The van der Waals surface area contributed by atoms with Gasteiger partial charge in [0.25, 0.3) is 5.91 Å². The van der Waals surface area contributed by atoms with Crippen LogP contribution in [0.1, 0.15) is 40.1 Å². The van der Waals surface area contributed by atoms with Gasteiger partial charge >= 0.3 is 5.97 Å². The molecule has 1 N–H and O–H groups in total. The van der Waals surface area contributed by atoms with E-state index in [4.69, 9.17) is 0 Å². The molecule has 1 amide bonds. The van der Waals surface area contributed by atoms with Crippen LogP contribution in [0.5, 0.6) is 0 Å². The van der Waals surface area contributed by atoms with Gasteiger partial charge in [0.2, 0.25) is 0 Å². The number of amides is 1. The highest BCUT2D eigenvalue weighted by molar-refractivity contribution is 7.13. The Balaban J connectivity index is 1.41. The summed E-state index contributed by atoms with van der Waals surface area (Å²) in [6.07, 6.45) is 5.52. The van der Waals surface area contributed by atoms with Crippen molar-refractivity contribution in [1.29, 1.82) is 0 Å². The molecule has 0 bridgehead atoms. The normalized spacial score (nSPS) is 13.7. The number of aromatic nitrogens is 2. The van der Waals surface area contributed by atoms with Gasteiger partial charge in [-0.2, -0.15) is 0 Å². The Morgan fingerprint density at radius 3 is 2.50 bits per heavy atom. The van der Waals surface area contributed by atoms with Gasteiger partial charge in [0.1, 0.15) is 16.5 Å². The monoisotopic (exact) mass is 422 g/mol. The average molecular weight is 423 g/mol. The summed E-state index contributed by atoms with van der Waals surface area (Å²) in [6.45, 7) is 2.10. The Hall–Kier alpha value is -3.26. The van der Waals surface area contributed by atoms with Gasteiger partial charge in [-0.1, -0.05) is 0 Å². The van der Waals surface area contributed by atoms with Crippen molar-refractivity contribution in [2.24, 2.45) is 0 Å². The minimum atomic E-state index is -0.420. The third kappa shape index (κ3) is 4.49. The van der Waals surface area contributed by atoms with E-state index in [1.165, 1.54) is 37.7 Å². The molecule has 2 aromatic heterocycles. The lowest BCUT2D eigenvalue weighted by Crippen LogP contribution is -2.29. The molecule has 0 aliphatic carbocycles. The van der Waals surface area contributed by atoms with Crippen molar-refractivity contribution in [2.75, 3.05) is 30.4 Å². The molecule has 0 unspecified atom stereocenters. The molecule has 0 saturated carbocycles. The predicted molar refractivity (Wildman–Crippen MR) is 117 cm³/mol. The number of esters is 1. The van der Waals surface area contributed by atoms with Crippen LogP contribution in [0.3, 0.4) is 0 Å². The third-order valence-electron chi connectivity index (χ3n) is 4.98. The topological polar surface area (TPSA) is 84.4 Å². The number of carbonyl (C=O) groups is 2. The number of hydrogen-bond donors (Lipinski definition) is 1. The number of rotatable bonds is 5. The van der Waals surface area contributed by atoms with E-state index in [-0.39, 0.29) is 5.91 Å². The number of pyridine rings is 1. The summed E-state index contributed by atoms with van der Waals surface area (Å²) in [5.74, 6) is 0.265. The van der Waals surface area contributed by atoms with Gasteiger partial charge in [0, 0.05) is 35.9 Å². The summed E-state index contributed by atoms with van der Waals surface area (Å²) in [6, 6.07) is 10.5. The summed E-state index contributed by atoms with van der Waals surface area (Å²) in [4.78, 5) is 35.4. The van der Waals surface area contributed by atoms with Crippen LogP contribution in [0, 0.1) is 0 Å². The molecule has 1 aromatic carbocycles. The molecule has 7 nitrogen and oxygen atoms in total. The molecule has 1 aliphatic rings. The first kappa shape index (κ1) is 20.0. The van der Waals surface area contributed by atoms with Crippen molar-refractivity contribution in [3.63, 3.8) is 0 Å². The lowest BCUT2D eigenvalue weighted by atomic mass is 10.1. The van der Waals surface area contributed by atoms with E-state index in [1.54, 1.807) is 29.6 Å². The maximum Gasteiger partial charge on any atom is 0.337 e. The van der Waals surface area contributed by atoms with Crippen LogP contribution in [-0.4, -0.2) is 42.0 Å². The highest BCUT2D eigenvalue weighted by Crippen LogP contribution is 2.26. The molecule has 30 heavy (non-hydrogen) atoms. The van der Waals surface area contributed by atoms with Gasteiger partial charge in [0.05, 0.1) is 12.7 Å². The number of carbonyl (C=O) groups excluding carboxylic acids is 2. The average Bonchev–Trinajstić information content (AvgIpc) is 3.30. The fourth-order valence-corrected chi connectivity index (χ4v) is 4.13. The number of piperidine rings is 1. The zero-order valence-corrected chi connectivity index (χ0v) is 17.4. The van der Waals surface area contributed by atoms with E-state index >= 15 is 0 Å². The van der Waals surface area contributed by atoms with E-state index in [1.807, 2.05) is 18.3 Å². The van der Waals surface area contributed by atoms with Crippen molar-refractivity contribution < 1.29 is 14.3 Å². The molecule has 1 saturated heterocycles. The Morgan fingerprint density at radius 2 is 1.83 bits per heavy atom. The highest BCUT2D eigenvalue weighted by Gasteiger charge is 2.15. The number of nitrogens with zero attached hydrogens (tertiary/aromatic N) is 3. The molecule has 0 radical (unpaired) electrons. The van der Waals surface area contributed by atoms with Crippen LogP contribution in [0.25, 0.3) is 10.6 Å². The van der Waals surface area contributed by atoms with Gasteiger partial charge in [-0.05, 0) is 55.7 Å². The summed E-state index contributed by atoms with van der Waals surface area (Å²) in [5, 5.41) is 5.27. The Morgan fingerprint density at radius 1 is 1.07 bits per heavy atom. The maximum absolute atomic E-state index is 12.5. The molecule has 154 valence electrons. The largest absolute Gasteiger partial charge is 0.465 e. The summed E-state index contributed by atoms with van der Waals surface area (Å²) >= 11 is 1.41. The number of benzene rings is 1. The van der Waals surface area contributed by atoms with Crippen molar-refractivity contribution in [3.8, 4) is 10.6 Å². The van der Waals surface area contributed by atoms with E-state index in [9.17, 15) is 9.59 Å². The van der Waals surface area contributed by atoms with Crippen molar-refractivity contribution in [2.45, 2.75) is 19.3 Å². The lowest BCUT2D eigenvalue weighted by molar-refractivity contribution is 0.0600. The second-order valence-corrected chi connectivity index (χ2v) is 7.87. The molecular weight excluding hydrogens is 400 g/mol. The lowest BCUT2D eigenvalue weighted by Gasteiger charge is -2.27. The third-order valence-corrected chi connectivity index (χ3v) is 5.87. The fraction of sp³-hybridized carbons (Fsp3) is 0.273. The van der Waals surface area contributed by atoms with Crippen LogP contribution in [0.15, 0.2) is 48.0 Å². The summed E-state index contributed by atoms with van der Waals surface area (Å²) < 4.78 is 4.67. The van der Waals surface area contributed by atoms with E-state index in [0.717, 1.165) is 29.5 Å². The Bertz CT molecular complexity index is 1030. The van der Waals surface area contributed by atoms with Gasteiger partial charge < -0.3 is 15.0 Å². The van der Waals surface area contributed by atoms with Crippen molar-refractivity contribution in [3.05, 3.63) is 59.2 Å². The van der Waals surface area contributed by atoms with Crippen molar-refractivity contribution in [1.82, 2.24) is 9.97 Å². The number of hydrogen-bond acceptors (Lipinski definition) is 7. The van der Waals surface area contributed by atoms with Gasteiger partial charge in [-0.25, -0.2) is 14.8 Å². The fourth-order valence-electron chi connectivity index (χ4n) is 3.34. The first-order valence-corrected chi connectivity index (χ1v) is 10.7. The van der Waals surface area contributed by atoms with Gasteiger partial charge in [0.15, 0.2) is 0 Å². The zero-order chi connectivity index (χ0) is 20.9. The van der Waals surface area contributed by atoms with Crippen LogP contribution < -0.4 is 10.2 Å². The van der Waals surface area contributed by atoms with Crippen LogP contribution >= 0.6 is 11.3 Å². The first-order valence-electron chi connectivity index (χ1n) is 9.80. The second-order valence-electron chi connectivity index (χ2n) is 7.01. The number of thiazole rings is 1. The first-order chi connectivity index (χ1) is 14.6. The van der Waals surface area contributed by atoms with Crippen molar-refractivity contribution >= 4 is 34.7 Å². The SMILES string of the molecule is COC(=O)c1ccc(NC(=O)c2csc(-c3ccc(N4CCCCC4)nc3)n2)cc1. The number of nitrogens with one attached hydrogen (secondary N) is 1. The molecule has 8 heteroatoms. The van der Waals surface area contributed by atoms with Crippen LogP contribution in [0.4, 0.5) is 11.5 Å². The standard InChI is InChI=1S/C22H22N4O3S/c1-29-22(28)15-5-8-17(9-6-15)24-20(27)18-14-30-21(25-18)16-7-10-19(23-13-16)26-11-3-2-4-12-26/h5-10,13-14H,2-4,11-12H2,1H3,(H,24,27). The number of anilines is 2. The smallest absolute Gasteiger partial charge is 0.337 e. The minimum Gasteiger partial charge on any atom is -0.465 e. The summed E-state index contributed by atoms with van der Waals surface area (Å²) in [7, 11) is 1.33. The molecule has 1 fully saturated rings. The van der Waals surface area contributed by atoms with E-state index < -0.39 is 5.97 Å².